The number of aliphatic carboxylic acids is 1. The number of hydrogen-bond donors (Lipinski definition) is 1. The van der Waals surface area contributed by atoms with Crippen LogP contribution in [-0.2, 0) is 23.7 Å². The lowest BCUT2D eigenvalue weighted by atomic mass is 9.82. The summed E-state index contributed by atoms with van der Waals surface area (Å²) in [5.74, 6) is 0.0119. The van der Waals surface area contributed by atoms with E-state index in [1.165, 1.54) is 0 Å². The van der Waals surface area contributed by atoms with E-state index < -0.39 is 35.0 Å². The van der Waals surface area contributed by atoms with Crippen LogP contribution < -0.4 is 4.74 Å². The van der Waals surface area contributed by atoms with E-state index in [0.717, 1.165) is 18.4 Å². The molecule has 1 unspecified atom stereocenters. The Balaban J connectivity index is 1.38. The maximum atomic E-state index is 13.4. The predicted molar refractivity (Wildman–Crippen MR) is 119 cm³/mol. The minimum atomic E-state index is -4.75. The molecule has 1 saturated carbocycles. The Labute approximate surface area is 204 Å². The summed E-state index contributed by atoms with van der Waals surface area (Å²) in [4.78, 5) is 12.9. The Morgan fingerprint density at radius 3 is 2.36 bits per heavy atom. The molecule has 4 rings (SSSR count). The second-order valence-electron chi connectivity index (χ2n) is 10.2. The fourth-order valence-corrected chi connectivity index (χ4v) is 4.99. The van der Waals surface area contributed by atoms with Crippen molar-refractivity contribution in [2.75, 3.05) is 19.7 Å². The van der Waals surface area contributed by atoms with Gasteiger partial charge in [0, 0.05) is 25.0 Å². The standard InChI is InChI=1S/C26H27F6NO3/c1-24(15-36-20-4-2-3-17(10-20)21(11-23(34)35)16-5-6-16)13-33(14-24)12-18-9-19(25(27,28)29)7-8-22(18)26(30,31)32/h2-4,7-10,16,21H,5-6,11-15H2,1H3,(H,34,35). The molecule has 1 heterocycles. The highest BCUT2D eigenvalue weighted by Crippen LogP contribution is 2.45. The molecule has 4 nitrogen and oxygen atoms in total. The molecule has 196 valence electrons. The largest absolute Gasteiger partial charge is 0.493 e. The van der Waals surface area contributed by atoms with Crippen molar-refractivity contribution in [3.63, 3.8) is 0 Å². The Hall–Kier alpha value is -2.75. The van der Waals surface area contributed by atoms with Crippen LogP contribution in [0.25, 0.3) is 0 Å². The first-order valence-electron chi connectivity index (χ1n) is 11.7. The molecule has 1 N–H and O–H groups in total. The van der Waals surface area contributed by atoms with Crippen LogP contribution in [0.4, 0.5) is 26.3 Å². The van der Waals surface area contributed by atoms with Gasteiger partial charge in [0.15, 0.2) is 0 Å². The number of nitrogens with zero attached hydrogens (tertiary/aromatic N) is 1. The molecule has 10 heteroatoms. The summed E-state index contributed by atoms with van der Waals surface area (Å²) >= 11 is 0. The Morgan fingerprint density at radius 1 is 1.08 bits per heavy atom. The SMILES string of the molecule is CC1(COc2cccc(C(CC(=O)O)C3CC3)c2)CN(Cc2cc(C(F)(F)F)ccc2C(F)(F)F)C1. The van der Waals surface area contributed by atoms with E-state index in [2.05, 4.69) is 0 Å². The lowest BCUT2D eigenvalue weighted by Crippen LogP contribution is -2.56. The Bertz CT molecular complexity index is 1100. The Morgan fingerprint density at radius 2 is 1.78 bits per heavy atom. The molecule has 2 aromatic rings. The molecule has 1 aliphatic heterocycles. The van der Waals surface area contributed by atoms with Crippen molar-refractivity contribution in [2.45, 2.75) is 51.0 Å². The number of carbonyl (C=O) groups is 1. The van der Waals surface area contributed by atoms with E-state index in [1.54, 1.807) is 11.0 Å². The molecule has 1 saturated heterocycles. The van der Waals surface area contributed by atoms with Crippen molar-refractivity contribution in [1.82, 2.24) is 4.90 Å². The third-order valence-electron chi connectivity index (χ3n) is 6.80. The van der Waals surface area contributed by atoms with Crippen molar-refractivity contribution in [3.05, 3.63) is 64.7 Å². The first kappa shape index (κ1) is 26.3. The number of ether oxygens (including phenoxy) is 1. The van der Waals surface area contributed by atoms with E-state index in [4.69, 9.17) is 4.74 Å². The molecular weight excluding hydrogens is 488 g/mol. The highest BCUT2D eigenvalue weighted by molar-refractivity contribution is 5.68. The third kappa shape index (κ3) is 6.32. The summed E-state index contributed by atoms with van der Waals surface area (Å²) in [6, 6.07) is 8.83. The summed E-state index contributed by atoms with van der Waals surface area (Å²) in [6.45, 7) is 2.66. The number of rotatable bonds is 9. The summed E-state index contributed by atoms with van der Waals surface area (Å²) in [7, 11) is 0. The second kappa shape index (κ2) is 9.61. The first-order chi connectivity index (χ1) is 16.7. The van der Waals surface area contributed by atoms with Crippen molar-refractivity contribution in [1.29, 1.82) is 0 Å². The van der Waals surface area contributed by atoms with Crippen LogP contribution in [0, 0.1) is 11.3 Å². The lowest BCUT2D eigenvalue weighted by Gasteiger charge is -2.48. The molecule has 2 aliphatic rings. The zero-order valence-electron chi connectivity index (χ0n) is 19.6. The van der Waals surface area contributed by atoms with E-state index >= 15 is 0 Å². The summed E-state index contributed by atoms with van der Waals surface area (Å²) in [6.07, 6.45) is -7.43. The predicted octanol–water partition coefficient (Wildman–Crippen LogP) is 6.59. The molecule has 0 radical (unpaired) electrons. The topological polar surface area (TPSA) is 49.8 Å². The van der Waals surface area contributed by atoms with Gasteiger partial charge in [-0.25, -0.2) is 0 Å². The fraction of sp³-hybridized carbons (Fsp3) is 0.500. The minimum Gasteiger partial charge on any atom is -0.493 e. The molecule has 36 heavy (non-hydrogen) atoms. The molecule has 0 aromatic heterocycles. The molecule has 1 aliphatic carbocycles. The van der Waals surface area contributed by atoms with Gasteiger partial charge >= 0.3 is 18.3 Å². The van der Waals surface area contributed by atoms with Crippen molar-refractivity contribution in [2.24, 2.45) is 11.3 Å². The molecule has 1 atom stereocenters. The zero-order valence-corrected chi connectivity index (χ0v) is 19.6. The number of carboxylic acid groups (broad SMARTS) is 1. The van der Waals surface area contributed by atoms with Crippen LogP contribution >= 0.6 is 0 Å². The zero-order chi connectivity index (χ0) is 26.3. The number of likely N-dealkylation sites (tertiary alicyclic amines) is 1. The van der Waals surface area contributed by atoms with Crippen molar-refractivity contribution in [3.8, 4) is 5.75 Å². The molecule has 0 bridgehead atoms. The van der Waals surface area contributed by atoms with E-state index in [0.29, 0.717) is 43.0 Å². The van der Waals surface area contributed by atoms with Gasteiger partial charge in [-0.2, -0.15) is 26.3 Å². The van der Waals surface area contributed by atoms with Gasteiger partial charge < -0.3 is 9.84 Å². The van der Waals surface area contributed by atoms with Gasteiger partial charge in [-0.1, -0.05) is 19.1 Å². The minimum absolute atomic E-state index is 0.0518. The van der Waals surface area contributed by atoms with Gasteiger partial charge in [-0.3, -0.25) is 9.69 Å². The number of carboxylic acids is 1. The molecular formula is C26H27F6NO3. The second-order valence-corrected chi connectivity index (χ2v) is 10.2. The van der Waals surface area contributed by atoms with Crippen LogP contribution in [-0.4, -0.2) is 35.7 Å². The quantitative estimate of drug-likeness (QED) is 0.383. The van der Waals surface area contributed by atoms with Crippen LogP contribution in [0.15, 0.2) is 42.5 Å². The molecule has 0 amide bonds. The lowest BCUT2D eigenvalue weighted by molar-refractivity contribution is -0.142. The summed E-state index contributed by atoms with van der Waals surface area (Å²) in [5.41, 5.74) is -2.06. The van der Waals surface area contributed by atoms with Crippen LogP contribution in [0.5, 0.6) is 5.75 Å². The van der Waals surface area contributed by atoms with Crippen LogP contribution in [0.2, 0.25) is 0 Å². The smallest absolute Gasteiger partial charge is 0.416 e. The first-order valence-corrected chi connectivity index (χ1v) is 11.7. The maximum Gasteiger partial charge on any atom is 0.416 e. The van der Waals surface area contributed by atoms with Gasteiger partial charge in [0.1, 0.15) is 5.75 Å². The number of alkyl halides is 6. The summed E-state index contributed by atoms with van der Waals surface area (Å²) in [5, 5.41) is 9.23. The monoisotopic (exact) mass is 515 g/mol. The van der Waals surface area contributed by atoms with E-state index in [1.807, 2.05) is 25.1 Å². The number of benzene rings is 2. The van der Waals surface area contributed by atoms with Gasteiger partial charge in [-0.05, 0) is 66.1 Å². The van der Waals surface area contributed by atoms with Crippen molar-refractivity contribution < 1.29 is 41.0 Å². The number of halogens is 6. The fourth-order valence-electron chi connectivity index (χ4n) is 4.99. The molecule has 0 spiro atoms. The van der Waals surface area contributed by atoms with Gasteiger partial charge in [0.05, 0.1) is 24.2 Å². The summed E-state index contributed by atoms with van der Waals surface area (Å²) < 4.78 is 85.2. The molecule has 2 aromatic carbocycles. The van der Waals surface area contributed by atoms with Crippen LogP contribution in [0.1, 0.15) is 54.4 Å². The van der Waals surface area contributed by atoms with E-state index in [-0.39, 0.29) is 30.9 Å². The van der Waals surface area contributed by atoms with Gasteiger partial charge in [0.25, 0.3) is 0 Å². The maximum absolute atomic E-state index is 13.4. The highest BCUT2D eigenvalue weighted by atomic mass is 19.4. The van der Waals surface area contributed by atoms with E-state index in [9.17, 15) is 36.2 Å². The normalized spacial score (nSPS) is 19.0. The van der Waals surface area contributed by atoms with Crippen LogP contribution in [0.3, 0.4) is 0 Å². The number of hydrogen-bond acceptors (Lipinski definition) is 3. The Kier molecular flexibility index (Phi) is 7.02. The highest BCUT2D eigenvalue weighted by Gasteiger charge is 2.42. The van der Waals surface area contributed by atoms with Gasteiger partial charge in [0.2, 0.25) is 0 Å². The average Bonchev–Trinajstić information content (AvgIpc) is 3.59. The van der Waals surface area contributed by atoms with Gasteiger partial charge in [-0.15, -0.1) is 0 Å². The third-order valence-corrected chi connectivity index (χ3v) is 6.80. The molecule has 2 fully saturated rings. The van der Waals surface area contributed by atoms with Crippen molar-refractivity contribution >= 4 is 5.97 Å². The average molecular weight is 515 g/mol.